The van der Waals surface area contributed by atoms with Crippen LogP contribution in [-0.2, 0) is 41.3 Å². The lowest BCUT2D eigenvalue weighted by molar-refractivity contribution is -0.156. The van der Waals surface area contributed by atoms with Crippen molar-refractivity contribution in [2.75, 3.05) is 58.2 Å². The number of nitrogens with one attached hydrogen (secondary N) is 2. The molecular formula is C45H53N5O8. The molecule has 1 aliphatic rings. The molecule has 1 heterocycles. The van der Waals surface area contributed by atoms with E-state index in [0.717, 1.165) is 36.8 Å². The zero-order valence-corrected chi connectivity index (χ0v) is 33.6. The first-order valence-corrected chi connectivity index (χ1v) is 19.8. The van der Waals surface area contributed by atoms with Gasteiger partial charge in [0, 0.05) is 23.9 Å². The number of nitrogens with zero attached hydrogens (tertiary/aromatic N) is 3. The van der Waals surface area contributed by atoms with E-state index in [2.05, 4.69) is 38.8 Å². The second kappa shape index (κ2) is 22.4. The summed E-state index contributed by atoms with van der Waals surface area (Å²) in [4.78, 5) is 47.6. The maximum absolute atomic E-state index is 13.5. The fourth-order valence-corrected chi connectivity index (χ4v) is 6.41. The maximum atomic E-state index is 13.5. The van der Waals surface area contributed by atoms with Gasteiger partial charge >= 0.3 is 5.97 Å². The van der Waals surface area contributed by atoms with Gasteiger partial charge in [-0.15, -0.1) is 0 Å². The standard InChI is InChI=1S/C45H53N5O8/c1-45(2,3)58-41(51)19-22-55-24-26-57-28-27-56-25-23-54-21-8-10-32-9-6-13-35(29-32)43(52)49-39-17-16-33(31-46)30-37(39)42-47-20-18-40(48-42)44(53)50-38-15-7-12-34-11-4-5-14-36(34)38/h4-6,9,11,13-14,16-18,20,29-30,38H,7-8,10,12,15,19,21-28H2,1-3H3,(H,49,52)(H,50,53)/t38-/m0/s1. The number of aryl methyl sites for hydroxylation is 2. The fraction of sp³-hybridized carbons (Fsp3) is 0.422. The number of ether oxygens (including phenoxy) is 5. The minimum absolute atomic E-state index is 0.114. The topological polar surface area (TPSA) is 171 Å². The highest BCUT2D eigenvalue weighted by atomic mass is 16.6. The summed E-state index contributed by atoms with van der Waals surface area (Å²) in [6.45, 7) is 8.89. The Morgan fingerprint density at radius 2 is 1.55 bits per heavy atom. The minimum atomic E-state index is -0.497. The van der Waals surface area contributed by atoms with Gasteiger partial charge in [0.1, 0.15) is 11.3 Å². The van der Waals surface area contributed by atoms with Gasteiger partial charge in [-0.3, -0.25) is 14.4 Å². The third kappa shape index (κ3) is 14.1. The molecule has 0 aliphatic heterocycles. The number of nitriles is 1. The van der Waals surface area contributed by atoms with E-state index in [9.17, 15) is 19.6 Å². The Balaban J connectivity index is 1.03. The first kappa shape index (κ1) is 43.6. The summed E-state index contributed by atoms with van der Waals surface area (Å²) in [5.74, 6) is -0.721. The summed E-state index contributed by atoms with van der Waals surface area (Å²) in [6, 6.07) is 24.0. The molecule has 0 saturated carbocycles. The number of esters is 1. The molecule has 13 heteroatoms. The lowest BCUT2D eigenvalue weighted by atomic mass is 9.87. The third-order valence-corrected chi connectivity index (χ3v) is 9.13. The second-order valence-electron chi connectivity index (χ2n) is 14.8. The first-order valence-electron chi connectivity index (χ1n) is 19.8. The van der Waals surface area contributed by atoms with E-state index in [4.69, 9.17) is 23.7 Å². The molecule has 0 spiro atoms. The molecule has 306 valence electrons. The largest absolute Gasteiger partial charge is 0.460 e. The van der Waals surface area contributed by atoms with Crippen LogP contribution < -0.4 is 10.6 Å². The maximum Gasteiger partial charge on any atom is 0.308 e. The Labute approximate surface area is 340 Å². The van der Waals surface area contributed by atoms with Crippen LogP contribution in [0.15, 0.2) is 79.0 Å². The summed E-state index contributed by atoms with van der Waals surface area (Å²) < 4.78 is 27.4. The number of benzene rings is 3. The Hall–Kier alpha value is -5.52. The van der Waals surface area contributed by atoms with E-state index in [1.54, 1.807) is 30.3 Å². The number of fused-ring (bicyclic) bond motifs is 1. The number of hydrogen-bond acceptors (Lipinski definition) is 11. The summed E-state index contributed by atoms with van der Waals surface area (Å²) in [5.41, 5.74) is 4.71. The Morgan fingerprint density at radius 1 is 0.828 bits per heavy atom. The van der Waals surface area contributed by atoms with Gasteiger partial charge < -0.3 is 34.3 Å². The normalized spacial score (nSPS) is 13.6. The quantitative estimate of drug-likeness (QED) is 0.0672. The lowest BCUT2D eigenvalue weighted by Crippen LogP contribution is -2.31. The predicted molar refractivity (Wildman–Crippen MR) is 218 cm³/mol. The number of anilines is 1. The molecule has 2 amide bonds. The summed E-state index contributed by atoms with van der Waals surface area (Å²) in [6.07, 6.45) is 5.99. The number of hydrogen-bond donors (Lipinski definition) is 2. The average Bonchev–Trinajstić information content (AvgIpc) is 3.22. The summed E-state index contributed by atoms with van der Waals surface area (Å²) in [5, 5.41) is 15.7. The molecule has 1 aromatic heterocycles. The SMILES string of the molecule is CC(C)(C)OC(=O)CCOCCOCCOCCOCCCc1cccc(C(=O)Nc2ccc(C#N)cc2-c2nccc(C(=O)N[C@H]3CCCc4ccccc43)n2)c1. The van der Waals surface area contributed by atoms with Crippen LogP contribution in [0.25, 0.3) is 11.4 Å². The van der Waals surface area contributed by atoms with Crippen molar-refractivity contribution in [1.82, 2.24) is 15.3 Å². The van der Waals surface area contributed by atoms with Crippen LogP contribution in [0.1, 0.15) is 95.6 Å². The van der Waals surface area contributed by atoms with E-state index >= 15 is 0 Å². The molecule has 0 bridgehead atoms. The number of carbonyl (C=O) groups excluding carboxylic acids is 3. The first-order chi connectivity index (χ1) is 28.1. The van der Waals surface area contributed by atoms with Gasteiger partial charge in [-0.25, -0.2) is 9.97 Å². The van der Waals surface area contributed by atoms with Gasteiger partial charge in [0.25, 0.3) is 11.8 Å². The van der Waals surface area contributed by atoms with Crippen LogP contribution in [-0.4, -0.2) is 86.2 Å². The van der Waals surface area contributed by atoms with E-state index in [-0.39, 0.29) is 41.8 Å². The molecular weight excluding hydrogens is 739 g/mol. The lowest BCUT2D eigenvalue weighted by Gasteiger charge is -2.26. The average molecular weight is 792 g/mol. The highest BCUT2D eigenvalue weighted by Gasteiger charge is 2.23. The van der Waals surface area contributed by atoms with Crippen LogP contribution in [0.3, 0.4) is 0 Å². The molecule has 3 aromatic carbocycles. The zero-order valence-electron chi connectivity index (χ0n) is 33.6. The van der Waals surface area contributed by atoms with Gasteiger partial charge in [0.05, 0.1) is 76.0 Å². The predicted octanol–water partition coefficient (Wildman–Crippen LogP) is 6.81. The number of rotatable bonds is 21. The van der Waals surface area contributed by atoms with Crippen molar-refractivity contribution in [2.24, 2.45) is 0 Å². The van der Waals surface area contributed by atoms with Gasteiger partial charge in [0.15, 0.2) is 5.82 Å². The van der Waals surface area contributed by atoms with Gasteiger partial charge in [-0.1, -0.05) is 36.4 Å². The highest BCUT2D eigenvalue weighted by molar-refractivity contribution is 6.06. The molecule has 4 aromatic rings. The summed E-state index contributed by atoms with van der Waals surface area (Å²) in [7, 11) is 0. The summed E-state index contributed by atoms with van der Waals surface area (Å²) >= 11 is 0. The van der Waals surface area contributed by atoms with Crippen LogP contribution >= 0.6 is 0 Å². The van der Waals surface area contributed by atoms with E-state index in [1.807, 2.05) is 51.1 Å². The zero-order chi connectivity index (χ0) is 41.2. The number of aromatic nitrogens is 2. The third-order valence-electron chi connectivity index (χ3n) is 9.13. The molecule has 5 rings (SSSR count). The van der Waals surface area contributed by atoms with Crippen molar-refractivity contribution < 1.29 is 38.1 Å². The van der Waals surface area contributed by atoms with Crippen LogP contribution in [0.5, 0.6) is 0 Å². The van der Waals surface area contributed by atoms with Crippen molar-refractivity contribution in [3.05, 3.63) is 113 Å². The fourth-order valence-electron chi connectivity index (χ4n) is 6.41. The Bertz CT molecular complexity index is 2020. The van der Waals surface area contributed by atoms with Crippen LogP contribution in [0.2, 0.25) is 0 Å². The molecule has 2 N–H and O–H groups in total. The van der Waals surface area contributed by atoms with Gasteiger partial charge in [-0.2, -0.15) is 5.26 Å². The van der Waals surface area contributed by atoms with E-state index < -0.39 is 5.60 Å². The van der Waals surface area contributed by atoms with E-state index in [0.29, 0.717) is 81.7 Å². The molecule has 1 aliphatic carbocycles. The molecule has 58 heavy (non-hydrogen) atoms. The highest BCUT2D eigenvalue weighted by Crippen LogP contribution is 2.30. The van der Waals surface area contributed by atoms with Crippen LogP contribution in [0, 0.1) is 11.3 Å². The number of carbonyl (C=O) groups is 3. The molecule has 13 nitrogen and oxygen atoms in total. The van der Waals surface area contributed by atoms with Crippen LogP contribution in [0.4, 0.5) is 5.69 Å². The van der Waals surface area contributed by atoms with Gasteiger partial charge in [0.2, 0.25) is 0 Å². The molecule has 0 fully saturated rings. The van der Waals surface area contributed by atoms with Gasteiger partial charge in [-0.05, 0) is 106 Å². The van der Waals surface area contributed by atoms with Crippen molar-refractivity contribution in [3.8, 4) is 17.5 Å². The van der Waals surface area contributed by atoms with Crippen molar-refractivity contribution in [2.45, 2.75) is 70.9 Å². The molecule has 0 saturated heterocycles. The Kier molecular flexibility index (Phi) is 16.9. The molecule has 1 atom stereocenters. The molecule has 0 radical (unpaired) electrons. The van der Waals surface area contributed by atoms with Crippen molar-refractivity contribution in [3.63, 3.8) is 0 Å². The number of amides is 2. The second-order valence-corrected chi connectivity index (χ2v) is 14.8. The molecule has 0 unspecified atom stereocenters. The monoisotopic (exact) mass is 791 g/mol. The van der Waals surface area contributed by atoms with Crippen molar-refractivity contribution in [1.29, 1.82) is 5.26 Å². The smallest absolute Gasteiger partial charge is 0.308 e. The minimum Gasteiger partial charge on any atom is -0.460 e. The van der Waals surface area contributed by atoms with Crippen molar-refractivity contribution >= 4 is 23.5 Å². The van der Waals surface area contributed by atoms with E-state index in [1.165, 1.54) is 11.8 Å². The Morgan fingerprint density at radius 3 is 2.29 bits per heavy atom.